The van der Waals surface area contributed by atoms with Gasteiger partial charge in [-0.05, 0) is 45.7 Å². The minimum Gasteiger partial charge on any atom is -0.444 e. The molecule has 1 aromatic heterocycles. The Morgan fingerprint density at radius 3 is 2.74 bits per heavy atom. The first kappa shape index (κ1) is 16.2. The van der Waals surface area contributed by atoms with Gasteiger partial charge in [-0.2, -0.15) is 0 Å². The van der Waals surface area contributed by atoms with Crippen LogP contribution in [-0.4, -0.2) is 28.8 Å². The van der Waals surface area contributed by atoms with Gasteiger partial charge in [0, 0.05) is 18.6 Å². The zero-order valence-corrected chi connectivity index (χ0v) is 14.6. The van der Waals surface area contributed by atoms with Crippen molar-refractivity contribution in [3.63, 3.8) is 0 Å². The summed E-state index contributed by atoms with van der Waals surface area (Å²) >= 11 is 1.73. The Labute approximate surface area is 140 Å². The quantitative estimate of drug-likeness (QED) is 0.900. The fourth-order valence-electron chi connectivity index (χ4n) is 2.60. The van der Waals surface area contributed by atoms with Gasteiger partial charge < -0.3 is 15.4 Å². The Morgan fingerprint density at radius 1 is 1.30 bits per heavy atom. The van der Waals surface area contributed by atoms with E-state index in [4.69, 9.17) is 4.74 Å². The molecule has 1 aliphatic rings. The number of thiazole rings is 1. The number of rotatable bonds is 4. The zero-order valence-electron chi connectivity index (χ0n) is 13.8. The molecule has 0 spiro atoms. The van der Waals surface area contributed by atoms with E-state index in [0.717, 1.165) is 29.9 Å². The zero-order chi connectivity index (χ0) is 16.4. The van der Waals surface area contributed by atoms with Crippen LogP contribution in [0.5, 0.6) is 0 Å². The van der Waals surface area contributed by atoms with E-state index in [1.165, 1.54) is 4.70 Å². The smallest absolute Gasteiger partial charge is 0.407 e. The van der Waals surface area contributed by atoms with Gasteiger partial charge in [-0.3, -0.25) is 0 Å². The molecule has 0 unspecified atom stereocenters. The third-order valence-electron chi connectivity index (χ3n) is 3.74. The van der Waals surface area contributed by atoms with E-state index >= 15 is 0 Å². The van der Waals surface area contributed by atoms with E-state index in [1.807, 2.05) is 39.0 Å². The molecule has 2 aromatic rings. The van der Waals surface area contributed by atoms with Gasteiger partial charge in [0.05, 0.1) is 10.2 Å². The van der Waals surface area contributed by atoms with Crippen molar-refractivity contribution in [2.75, 3.05) is 0 Å². The molecule has 0 aliphatic heterocycles. The fraction of sp³-hybridized carbons (Fsp3) is 0.529. The van der Waals surface area contributed by atoms with Gasteiger partial charge in [0.2, 0.25) is 0 Å². The number of carbonyl (C=O) groups is 1. The third-order valence-corrected chi connectivity index (χ3v) is 4.78. The number of nitrogens with one attached hydrogen (secondary N) is 2. The molecule has 6 heteroatoms. The first-order valence-corrected chi connectivity index (χ1v) is 8.78. The predicted molar refractivity (Wildman–Crippen MR) is 92.6 cm³/mol. The Hall–Kier alpha value is -1.66. The normalized spacial score (nSPS) is 21.0. The topological polar surface area (TPSA) is 63.2 Å². The van der Waals surface area contributed by atoms with Crippen LogP contribution < -0.4 is 10.6 Å². The summed E-state index contributed by atoms with van der Waals surface area (Å²) in [5, 5.41) is 7.52. The third kappa shape index (κ3) is 4.42. The molecule has 5 nitrogen and oxygen atoms in total. The van der Waals surface area contributed by atoms with E-state index in [-0.39, 0.29) is 12.1 Å². The number of ether oxygens (including phenoxy) is 1. The van der Waals surface area contributed by atoms with Crippen molar-refractivity contribution in [1.29, 1.82) is 0 Å². The lowest BCUT2D eigenvalue weighted by Crippen LogP contribution is -2.52. The van der Waals surface area contributed by atoms with E-state index < -0.39 is 5.60 Å². The molecule has 1 aromatic carbocycles. The first-order chi connectivity index (χ1) is 10.9. The van der Waals surface area contributed by atoms with Crippen molar-refractivity contribution in [2.24, 2.45) is 0 Å². The molecule has 0 saturated heterocycles. The summed E-state index contributed by atoms with van der Waals surface area (Å²) in [6.45, 7) is 6.39. The second kappa shape index (κ2) is 6.45. The summed E-state index contributed by atoms with van der Waals surface area (Å²) < 4.78 is 6.49. The molecule has 1 amide bonds. The van der Waals surface area contributed by atoms with E-state index in [0.29, 0.717) is 6.04 Å². The Balaban J connectivity index is 1.40. The molecular formula is C17H23N3O2S. The Kier molecular flexibility index (Phi) is 4.55. The number of amides is 1. The van der Waals surface area contributed by atoms with Gasteiger partial charge in [0.1, 0.15) is 10.6 Å². The number of hydrogen-bond acceptors (Lipinski definition) is 5. The summed E-state index contributed by atoms with van der Waals surface area (Å²) in [6.07, 6.45) is 1.54. The van der Waals surface area contributed by atoms with E-state index in [1.54, 1.807) is 11.3 Å². The second-order valence-corrected chi connectivity index (χ2v) is 8.08. The largest absolute Gasteiger partial charge is 0.444 e. The lowest BCUT2D eigenvalue weighted by atomic mass is 9.87. The number of carbonyl (C=O) groups excluding carboxylic acids is 1. The second-order valence-electron chi connectivity index (χ2n) is 6.97. The summed E-state index contributed by atoms with van der Waals surface area (Å²) in [5.74, 6) is 0. The molecular weight excluding hydrogens is 310 g/mol. The number of fused-ring (bicyclic) bond motifs is 1. The molecule has 124 valence electrons. The summed E-state index contributed by atoms with van der Waals surface area (Å²) in [6, 6.07) is 8.83. The van der Waals surface area contributed by atoms with Crippen molar-refractivity contribution in [3.8, 4) is 0 Å². The molecule has 1 aliphatic carbocycles. The van der Waals surface area contributed by atoms with Gasteiger partial charge >= 0.3 is 6.09 Å². The number of para-hydroxylation sites is 1. The maximum absolute atomic E-state index is 11.7. The lowest BCUT2D eigenvalue weighted by molar-refractivity contribution is 0.0465. The molecule has 1 fully saturated rings. The highest BCUT2D eigenvalue weighted by Crippen LogP contribution is 2.24. The minimum absolute atomic E-state index is 0.206. The van der Waals surface area contributed by atoms with Crippen LogP contribution in [-0.2, 0) is 11.3 Å². The molecule has 3 rings (SSSR count). The van der Waals surface area contributed by atoms with Crippen LogP contribution in [0.1, 0.15) is 38.6 Å². The van der Waals surface area contributed by atoms with Gasteiger partial charge in [-0.25, -0.2) is 9.78 Å². The molecule has 1 saturated carbocycles. The van der Waals surface area contributed by atoms with Crippen molar-refractivity contribution < 1.29 is 9.53 Å². The van der Waals surface area contributed by atoms with Crippen LogP contribution in [0.4, 0.5) is 4.79 Å². The average Bonchev–Trinajstić information content (AvgIpc) is 2.81. The fourth-order valence-corrected chi connectivity index (χ4v) is 3.52. The van der Waals surface area contributed by atoms with E-state index in [2.05, 4.69) is 21.7 Å². The molecule has 2 N–H and O–H groups in total. The van der Waals surface area contributed by atoms with Gasteiger partial charge in [-0.1, -0.05) is 12.1 Å². The SMILES string of the molecule is CC(C)(C)OC(=O)NC1CC(NCc2nc3ccccc3s2)C1. The van der Waals surface area contributed by atoms with Crippen LogP contribution in [0.3, 0.4) is 0 Å². The lowest BCUT2D eigenvalue weighted by Gasteiger charge is -2.36. The standard InChI is InChI=1S/C17H23N3O2S/c1-17(2,3)22-16(21)19-12-8-11(9-12)18-10-15-20-13-6-4-5-7-14(13)23-15/h4-7,11-12,18H,8-10H2,1-3H3,(H,19,21). The highest BCUT2D eigenvalue weighted by molar-refractivity contribution is 7.18. The molecule has 0 radical (unpaired) electrons. The monoisotopic (exact) mass is 333 g/mol. The molecule has 23 heavy (non-hydrogen) atoms. The van der Waals surface area contributed by atoms with Crippen LogP contribution in [0.25, 0.3) is 10.2 Å². The predicted octanol–water partition coefficient (Wildman–Crippen LogP) is 3.44. The van der Waals surface area contributed by atoms with Crippen molar-refractivity contribution in [3.05, 3.63) is 29.3 Å². The van der Waals surface area contributed by atoms with Crippen molar-refractivity contribution >= 4 is 27.6 Å². The van der Waals surface area contributed by atoms with Crippen LogP contribution >= 0.6 is 11.3 Å². The van der Waals surface area contributed by atoms with Gasteiger partial charge in [0.25, 0.3) is 0 Å². The summed E-state index contributed by atoms with van der Waals surface area (Å²) in [5.41, 5.74) is 0.616. The maximum Gasteiger partial charge on any atom is 0.407 e. The number of alkyl carbamates (subject to hydrolysis) is 1. The van der Waals surface area contributed by atoms with Crippen LogP contribution in [0.2, 0.25) is 0 Å². The number of nitrogens with zero attached hydrogens (tertiary/aromatic N) is 1. The summed E-state index contributed by atoms with van der Waals surface area (Å²) in [7, 11) is 0. The van der Waals surface area contributed by atoms with Crippen molar-refractivity contribution in [1.82, 2.24) is 15.6 Å². The number of aromatic nitrogens is 1. The van der Waals surface area contributed by atoms with Crippen molar-refractivity contribution in [2.45, 2.75) is 57.8 Å². The van der Waals surface area contributed by atoms with E-state index in [9.17, 15) is 4.79 Å². The number of benzene rings is 1. The maximum atomic E-state index is 11.7. The number of hydrogen-bond donors (Lipinski definition) is 2. The highest BCUT2D eigenvalue weighted by atomic mass is 32.1. The average molecular weight is 333 g/mol. The minimum atomic E-state index is -0.446. The van der Waals surface area contributed by atoms with Crippen LogP contribution in [0, 0.1) is 0 Å². The first-order valence-electron chi connectivity index (χ1n) is 7.96. The highest BCUT2D eigenvalue weighted by Gasteiger charge is 2.31. The Morgan fingerprint density at radius 2 is 2.04 bits per heavy atom. The summed E-state index contributed by atoms with van der Waals surface area (Å²) in [4.78, 5) is 16.3. The van der Waals surface area contributed by atoms with Gasteiger partial charge in [-0.15, -0.1) is 11.3 Å². The van der Waals surface area contributed by atoms with Gasteiger partial charge in [0.15, 0.2) is 0 Å². The molecule has 0 bridgehead atoms. The Bertz CT molecular complexity index is 653. The molecule has 1 heterocycles. The molecule has 0 atom stereocenters. The van der Waals surface area contributed by atoms with Crippen LogP contribution in [0.15, 0.2) is 24.3 Å².